The third-order valence-corrected chi connectivity index (χ3v) is 4.54. The molecule has 5 nitrogen and oxygen atoms in total. The number of amides is 2. The van der Waals surface area contributed by atoms with E-state index in [2.05, 4.69) is 0 Å². The Morgan fingerprint density at radius 1 is 1.40 bits per heavy atom. The Morgan fingerprint density at radius 3 is 2.75 bits per heavy atom. The van der Waals surface area contributed by atoms with Crippen LogP contribution in [0.25, 0.3) is 6.08 Å². The Morgan fingerprint density at radius 2 is 2.15 bits per heavy atom. The molecule has 2 amide bonds. The van der Waals surface area contributed by atoms with Crippen molar-refractivity contribution < 1.29 is 19.5 Å². The lowest BCUT2D eigenvalue weighted by atomic mass is 10.3. The molecule has 1 N–H and O–H groups in total. The highest BCUT2D eigenvalue weighted by Gasteiger charge is 2.34. The minimum absolute atomic E-state index is 0.0507. The van der Waals surface area contributed by atoms with Gasteiger partial charge in [-0.3, -0.25) is 19.3 Å². The van der Waals surface area contributed by atoms with Crippen LogP contribution in [0, 0.1) is 6.92 Å². The standard InChI is InChI=1S/C13H13NO4S2/c1-8-4-5-9(19-8)7-10-12(17)14(13(18)20-10)6-2-3-11(15)16/h4-5,7H,2-3,6H2,1H3,(H,15,16). The Bertz CT molecular complexity index is 591. The summed E-state index contributed by atoms with van der Waals surface area (Å²) in [5.41, 5.74) is 0. The van der Waals surface area contributed by atoms with E-state index in [1.807, 2.05) is 19.1 Å². The van der Waals surface area contributed by atoms with E-state index in [-0.39, 0.29) is 30.5 Å². The molecule has 0 saturated carbocycles. The Hall–Kier alpha value is -1.60. The fourth-order valence-electron chi connectivity index (χ4n) is 1.74. The molecule has 1 aliphatic heterocycles. The molecule has 1 aromatic rings. The second-order valence-electron chi connectivity index (χ2n) is 4.28. The number of hydrogen-bond donors (Lipinski definition) is 1. The Kier molecular flexibility index (Phi) is 4.61. The molecular formula is C13H13NO4S2. The number of imide groups is 1. The summed E-state index contributed by atoms with van der Waals surface area (Å²) in [5, 5.41) is 8.23. The SMILES string of the molecule is Cc1ccc(C=C2SC(=O)N(CCCC(=O)O)C2=O)s1. The van der Waals surface area contributed by atoms with Gasteiger partial charge in [0.1, 0.15) is 0 Å². The highest BCUT2D eigenvalue weighted by atomic mass is 32.2. The van der Waals surface area contributed by atoms with E-state index < -0.39 is 5.97 Å². The molecule has 20 heavy (non-hydrogen) atoms. The van der Waals surface area contributed by atoms with E-state index in [4.69, 9.17) is 5.11 Å². The molecular weight excluding hydrogens is 298 g/mol. The summed E-state index contributed by atoms with van der Waals surface area (Å²) in [6.07, 6.45) is 1.93. The highest BCUT2D eigenvalue weighted by molar-refractivity contribution is 8.18. The summed E-state index contributed by atoms with van der Waals surface area (Å²) < 4.78 is 0. The lowest BCUT2D eigenvalue weighted by molar-refractivity contribution is -0.137. The van der Waals surface area contributed by atoms with Crippen LogP contribution in [0.5, 0.6) is 0 Å². The molecule has 1 fully saturated rings. The first-order valence-electron chi connectivity index (χ1n) is 6.01. The van der Waals surface area contributed by atoms with Gasteiger partial charge in [-0.05, 0) is 43.3 Å². The van der Waals surface area contributed by atoms with E-state index in [9.17, 15) is 14.4 Å². The number of rotatable bonds is 5. The zero-order chi connectivity index (χ0) is 14.7. The number of carboxylic acid groups (broad SMARTS) is 1. The highest BCUT2D eigenvalue weighted by Crippen LogP contribution is 2.33. The summed E-state index contributed by atoms with van der Waals surface area (Å²) in [7, 11) is 0. The average Bonchev–Trinajstić information content (AvgIpc) is 2.88. The van der Waals surface area contributed by atoms with Crippen LogP contribution in [0.15, 0.2) is 17.0 Å². The molecule has 0 atom stereocenters. The van der Waals surface area contributed by atoms with Crippen molar-refractivity contribution in [1.29, 1.82) is 0 Å². The molecule has 2 heterocycles. The van der Waals surface area contributed by atoms with Crippen LogP contribution in [0.3, 0.4) is 0 Å². The van der Waals surface area contributed by atoms with Gasteiger partial charge in [0.25, 0.3) is 11.1 Å². The number of carboxylic acids is 1. The minimum atomic E-state index is -0.929. The molecule has 0 bridgehead atoms. The number of carbonyl (C=O) groups is 3. The third kappa shape index (κ3) is 3.49. The topological polar surface area (TPSA) is 74.7 Å². The van der Waals surface area contributed by atoms with Gasteiger partial charge in [-0.1, -0.05) is 0 Å². The first-order valence-corrected chi connectivity index (χ1v) is 7.64. The van der Waals surface area contributed by atoms with Crippen molar-refractivity contribution in [3.63, 3.8) is 0 Å². The number of nitrogens with zero attached hydrogens (tertiary/aromatic N) is 1. The van der Waals surface area contributed by atoms with Crippen LogP contribution in [-0.2, 0) is 9.59 Å². The van der Waals surface area contributed by atoms with Crippen LogP contribution in [0.4, 0.5) is 4.79 Å². The maximum absolute atomic E-state index is 12.1. The largest absolute Gasteiger partial charge is 0.481 e. The van der Waals surface area contributed by atoms with Gasteiger partial charge in [-0.15, -0.1) is 11.3 Å². The molecule has 0 unspecified atom stereocenters. The molecule has 2 rings (SSSR count). The molecule has 0 aromatic carbocycles. The number of thioether (sulfide) groups is 1. The zero-order valence-electron chi connectivity index (χ0n) is 10.8. The van der Waals surface area contributed by atoms with Crippen LogP contribution in [0.2, 0.25) is 0 Å². The van der Waals surface area contributed by atoms with Crippen molar-refractivity contribution in [2.45, 2.75) is 19.8 Å². The number of carbonyl (C=O) groups excluding carboxylic acids is 2. The monoisotopic (exact) mass is 311 g/mol. The van der Waals surface area contributed by atoms with Gasteiger partial charge in [0.2, 0.25) is 0 Å². The van der Waals surface area contributed by atoms with Gasteiger partial charge in [0, 0.05) is 22.7 Å². The maximum Gasteiger partial charge on any atom is 0.303 e. The molecule has 0 radical (unpaired) electrons. The fraction of sp³-hybridized carbons (Fsp3) is 0.308. The van der Waals surface area contributed by atoms with Crippen molar-refractivity contribution in [3.8, 4) is 0 Å². The van der Waals surface area contributed by atoms with Crippen LogP contribution in [0.1, 0.15) is 22.6 Å². The molecule has 1 aromatic heterocycles. The van der Waals surface area contributed by atoms with Crippen LogP contribution >= 0.6 is 23.1 Å². The van der Waals surface area contributed by atoms with Gasteiger partial charge >= 0.3 is 5.97 Å². The van der Waals surface area contributed by atoms with E-state index >= 15 is 0 Å². The summed E-state index contributed by atoms with van der Waals surface area (Å²) in [4.78, 5) is 37.8. The predicted octanol–water partition coefficient (Wildman–Crippen LogP) is 2.96. The van der Waals surface area contributed by atoms with E-state index in [1.165, 1.54) is 0 Å². The van der Waals surface area contributed by atoms with Crippen molar-refractivity contribution >= 4 is 46.3 Å². The van der Waals surface area contributed by atoms with Crippen LogP contribution in [-0.4, -0.2) is 33.7 Å². The third-order valence-electron chi connectivity index (χ3n) is 2.68. The fourth-order valence-corrected chi connectivity index (χ4v) is 3.49. The first-order chi connectivity index (χ1) is 9.47. The van der Waals surface area contributed by atoms with E-state index in [1.54, 1.807) is 17.4 Å². The molecule has 0 spiro atoms. The van der Waals surface area contributed by atoms with E-state index in [0.717, 1.165) is 26.4 Å². The zero-order valence-corrected chi connectivity index (χ0v) is 12.4. The van der Waals surface area contributed by atoms with Crippen LogP contribution < -0.4 is 0 Å². The summed E-state index contributed by atoms with van der Waals surface area (Å²) in [6, 6.07) is 3.85. The normalized spacial score (nSPS) is 17.2. The summed E-state index contributed by atoms with van der Waals surface area (Å²) in [6.45, 7) is 2.12. The second kappa shape index (κ2) is 6.23. The van der Waals surface area contributed by atoms with Gasteiger partial charge in [-0.2, -0.15) is 0 Å². The van der Waals surface area contributed by atoms with Gasteiger partial charge in [0.15, 0.2) is 0 Å². The lowest BCUT2D eigenvalue weighted by Crippen LogP contribution is -2.29. The number of aliphatic carboxylic acids is 1. The average molecular weight is 311 g/mol. The van der Waals surface area contributed by atoms with Crippen molar-refractivity contribution in [2.24, 2.45) is 0 Å². The lowest BCUT2D eigenvalue weighted by Gasteiger charge is -2.10. The number of hydrogen-bond acceptors (Lipinski definition) is 5. The number of aryl methyl sites for hydroxylation is 1. The summed E-state index contributed by atoms with van der Waals surface area (Å²) in [5.74, 6) is -1.27. The molecule has 106 valence electrons. The predicted molar refractivity (Wildman–Crippen MR) is 78.6 cm³/mol. The molecule has 7 heteroatoms. The van der Waals surface area contributed by atoms with Gasteiger partial charge in [0.05, 0.1) is 4.91 Å². The minimum Gasteiger partial charge on any atom is -0.481 e. The smallest absolute Gasteiger partial charge is 0.303 e. The molecule has 1 aliphatic rings. The Labute approximate surface area is 124 Å². The second-order valence-corrected chi connectivity index (χ2v) is 6.59. The Balaban J connectivity index is 2.04. The van der Waals surface area contributed by atoms with Gasteiger partial charge in [-0.25, -0.2) is 0 Å². The maximum atomic E-state index is 12.1. The van der Waals surface area contributed by atoms with Crippen molar-refractivity contribution in [1.82, 2.24) is 4.90 Å². The van der Waals surface area contributed by atoms with Crippen molar-refractivity contribution in [3.05, 3.63) is 26.8 Å². The molecule has 0 aliphatic carbocycles. The quantitative estimate of drug-likeness (QED) is 0.846. The van der Waals surface area contributed by atoms with Crippen molar-refractivity contribution in [2.75, 3.05) is 6.54 Å². The number of thiophene rings is 1. The summed E-state index contributed by atoms with van der Waals surface area (Å²) >= 11 is 2.45. The molecule has 1 saturated heterocycles. The van der Waals surface area contributed by atoms with Gasteiger partial charge < -0.3 is 5.11 Å². The first kappa shape index (κ1) is 14.8. The van der Waals surface area contributed by atoms with E-state index in [0.29, 0.717) is 4.91 Å².